The summed E-state index contributed by atoms with van der Waals surface area (Å²) in [6, 6.07) is 10.2. The molecule has 1 aliphatic rings. The van der Waals surface area contributed by atoms with Gasteiger partial charge in [0.25, 0.3) is 0 Å². The van der Waals surface area contributed by atoms with Crippen LogP contribution in [-0.2, 0) is 9.53 Å². The lowest BCUT2D eigenvalue weighted by molar-refractivity contribution is -0.139. The number of nitrogens with zero attached hydrogens (tertiary/aromatic N) is 1. The summed E-state index contributed by atoms with van der Waals surface area (Å²) in [7, 11) is 0. The highest BCUT2D eigenvalue weighted by atomic mass is 16.5. The average Bonchev–Trinajstić information content (AvgIpc) is 2.55. The summed E-state index contributed by atoms with van der Waals surface area (Å²) in [5.74, 6) is 0.288. The minimum Gasteiger partial charge on any atom is -0.370 e. The Kier molecular flexibility index (Phi) is 6.74. The Morgan fingerprint density at radius 2 is 1.95 bits per heavy atom. The Hall–Kier alpha value is -1.35. The first-order chi connectivity index (χ1) is 10.3. The largest absolute Gasteiger partial charge is 0.370 e. The molecule has 1 fully saturated rings. The van der Waals surface area contributed by atoms with Gasteiger partial charge >= 0.3 is 0 Å². The van der Waals surface area contributed by atoms with E-state index in [-0.39, 0.29) is 12.0 Å². The summed E-state index contributed by atoms with van der Waals surface area (Å²) in [6.07, 6.45) is 6.69. The molecule has 1 amide bonds. The molecule has 1 aliphatic heterocycles. The maximum atomic E-state index is 12.3. The van der Waals surface area contributed by atoms with Crippen LogP contribution in [0.25, 0.3) is 0 Å². The molecule has 1 unspecified atom stereocenters. The molecule has 21 heavy (non-hydrogen) atoms. The van der Waals surface area contributed by atoms with Crippen LogP contribution in [0.4, 0.5) is 0 Å². The maximum Gasteiger partial charge on any atom is 0.222 e. The lowest BCUT2D eigenvalue weighted by Crippen LogP contribution is -2.42. The van der Waals surface area contributed by atoms with Gasteiger partial charge in [0.05, 0.1) is 13.2 Å². The number of hydrogen-bond donors (Lipinski definition) is 0. The van der Waals surface area contributed by atoms with E-state index in [4.69, 9.17) is 4.74 Å². The number of carbonyl (C=O) groups excluding carboxylic acids is 1. The second-order valence-electron chi connectivity index (χ2n) is 5.77. The standard InChI is InChI=1S/C18H27NO2/c1-2-3-4-5-9-12-18(20)19-13-14-21-17(15-19)16-10-7-6-8-11-16/h6-8,10-11,17H,2-5,9,12-15H2,1H3. The second-order valence-corrected chi connectivity index (χ2v) is 5.77. The number of morpholine rings is 1. The van der Waals surface area contributed by atoms with Crippen molar-refractivity contribution in [1.82, 2.24) is 4.90 Å². The highest BCUT2D eigenvalue weighted by molar-refractivity contribution is 5.76. The summed E-state index contributed by atoms with van der Waals surface area (Å²) in [4.78, 5) is 14.3. The van der Waals surface area contributed by atoms with Crippen LogP contribution in [0.3, 0.4) is 0 Å². The van der Waals surface area contributed by atoms with Crippen LogP contribution in [0, 0.1) is 0 Å². The SMILES string of the molecule is CCCCCCCC(=O)N1CCOC(c2ccccc2)C1. The van der Waals surface area contributed by atoms with Crippen LogP contribution in [0.2, 0.25) is 0 Å². The van der Waals surface area contributed by atoms with Crippen LogP contribution in [-0.4, -0.2) is 30.5 Å². The molecule has 0 saturated carbocycles. The zero-order valence-electron chi connectivity index (χ0n) is 13.1. The third kappa shape index (κ3) is 5.16. The molecular weight excluding hydrogens is 262 g/mol. The van der Waals surface area contributed by atoms with Crippen molar-refractivity contribution < 1.29 is 9.53 Å². The first-order valence-electron chi connectivity index (χ1n) is 8.25. The van der Waals surface area contributed by atoms with Gasteiger partial charge < -0.3 is 9.64 Å². The number of rotatable bonds is 7. The fourth-order valence-corrected chi connectivity index (χ4v) is 2.78. The van der Waals surface area contributed by atoms with Crippen LogP contribution < -0.4 is 0 Å². The molecule has 1 saturated heterocycles. The molecule has 0 aromatic heterocycles. The van der Waals surface area contributed by atoms with Crippen molar-refractivity contribution in [1.29, 1.82) is 0 Å². The van der Waals surface area contributed by atoms with Crippen molar-refractivity contribution in [3.05, 3.63) is 35.9 Å². The Morgan fingerprint density at radius 3 is 2.71 bits per heavy atom. The van der Waals surface area contributed by atoms with E-state index >= 15 is 0 Å². The van der Waals surface area contributed by atoms with E-state index in [1.54, 1.807) is 0 Å². The fourth-order valence-electron chi connectivity index (χ4n) is 2.78. The molecule has 3 heteroatoms. The monoisotopic (exact) mass is 289 g/mol. The summed E-state index contributed by atoms with van der Waals surface area (Å²) < 4.78 is 5.81. The van der Waals surface area contributed by atoms with Gasteiger partial charge in [-0.1, -0.05) is 62.9 Å². The fraction of sp³-hybridized carbons (Fsp3) is 0.611. The Balaban J connectivity index is 1.76. The van der Waals surface area contributed by atoms with Crippen molar-refractivity contribution >= 4 is 5.91 Å². The summed E-state index contributed by atoms with van der Waals surface area (Å²) in [5.41, 5.74) is 1.16. The van der Waals surface area contributed by atoms with Crippen LogP contribution >= 0.6 is 0 Å². The van der Waals surface area contributed by atoms with Crippen LogP contribution in [0.5, 0.6) is 0 Å². The number of unbranched alkanes of at least 4 members (excludes halogenated alkanes) is 4. The Bertz CT molecular complexity index is 418. The molecule has 1 heterocycles. The Labute approximate surface area is 128 Å². The smallest absolute Gasteiger partial charge is 0.222 e. The molecule has 0 radical (unpaired) electrons. The van der Waals surface area contributed by atoms with Gasteiger partial charge in [-0.05, 0) is 12.0 Å². The Morgan fingerprint density at radius 1 is 1.19 bits per heavy atom. The summed E-state index contributed by atoms with van der Waals surface area (Å²) in [6.45, 7) is 4.28. The molecule has 3 nitrogen and oxygen atoms in total. The van der Waals surface area contributed by atoms with Gasteiger partial charge in [0.15, 0.2) is 0 Å². The van der Waals surface area contributed by atoms with E-state index in [0.29, 0.717) is 19.6 Å². The lowest BCUT2D eigenvalue weighted by Gasteiger charge is -2.33. The molecule has 1 aromatic carbocycles. The summed E-state index contributed by atoms with van der Waals surface area (Å²) in [5, 5.41) is 0. The quantitative estimate of drug-likeness (QED) is 0.711. The lowest BCUT2D eigenvalue weighted by atomic mass is 10.1. The first kappa shape index (κ1) is 16.0. The van der Waals surface area contributed by atoms with E-state index in [1.807, 2.05) is 23.1 Å². The van der Waals surface area contributed by atoms with Gasteiger partial charge in [-0.3, -0.25) is 4.79 Å². The van der Waals surface area contributed by atoms with Gasteiger partial charge in [0.2, 0.25) is 5.91 Å². The maximum absolute atomic E-state index is 12.3. The second kappa shape index (κ2) is 8.83. The molecule has 1 aromatic rings. The van der Waals surface area contributed by atoms with Gasteiger partial charge in [-0.15, -0.1) is 0 Å². The molecule has 1 atom stereocenters. The normalized spacial score (nSPS) is 18.7. The van der Waals surface area contributed by atoms with E-state index in [2.05, 4.69) is 19.1 Å². The van der Waals surface area contributed by atoms with Gasteiger partial charge in [0, 0.05) is 13.0 Å². The van der Waals surface area contributed by atoms with Crippen molar-refractivity contribution in [2.24, 2.45) is 0 Å². The van der Waals surface area contributed by atoms with E-state index in [1.165, 1.54) is 25.7 Å². The van der Waals surface area contributed by atoms with Crippen LogP contribution in [0.15, 0.2) is 30.3 Å². The number of benzene rings is 1. The van der Waals surface area contributed by atoms with Gasteiger partial charge in [-0.25, -0.2) is 0 Å². The van der Waals surface area contributed by atoms with E-state index < -0.39 is 0 Å². The van der Waals surface area contributed by atoms with Crippen molar-refractivity contribution in [3.63, 3.8) is 0 Å². The van der Waals surface area contributed by atoms with Crippen LogP contribution in [0.1, 0.15) is 57.1 Å². The zero-order chi connectivity index (χ0) is 14.9. The topological polar surface area (TPSA) is 29.5 Å². The number of carbonyl (C=O) groups is 1. The van der Waals surface area contributed by atoms with Crippen molar-refractivity contribution in [3.8, 4) is 0 Å². The molecule has 0 N–H and O–H groups in total. The molecule has 2 rings (SSSR count). The van der Waals surface area contributed by atoms with Gasteiger partial charge in [0.1, 0.15) is 6.10 Å². The third-order valence-corrected chi connectivity index (χ3v) is 4.08. The molecular formula is C18H27NO2. The number of hydrogen-bond acceptors (Lipinski definition) is 2. The van der Waals surface area contributed by atoms with Gasteiger partial charge in [-0.2, -0.15) is 0 Å². The number of amides is 1. The zero-order valence-corrected chi connectivity index (χ0v) is 13.1. The predicted molar refractivity (Wildman–Crippen MR) is 85.1 cm³/mol. The average molecular weight is 289 g/mol. The minimum absolute atomic E-state index is 0.0315. The molecule has 0 spiro atoms. The highest BCUT2D eigenvalue weighted by Gasteiger charge is 2.24. The minimum atomic E-state index is 0.0315. The number of ether oxygens (including phenoxy) is 1. The first-order valence-corrected chi connectivity index (χ1v) is 8.25. The predicted octanol–water partition coefficient (Wildman–Crippen LogP) is 3.95. The third-order valence-electron chi connectivity index (χ3n) is 4.08. The molecule has 0 bridgehead atoms. The van der Waals surface area contributed by atoms with E-state index in [9.17, 15) is 4.79 Å². The van der Waals surface area contributed by atoms with E-state index in [0.717, 1.165) is 18.5 Å². The molecule has 0 aliphatic carbocycles. The molecule has 116 valence electrons. The van der Waals surface area contributed by atoms with Crippen molar-refractivity contribution in [2.45, 2.75) is 51.6 Å². The highest BCUT2D eigenvalue weighted by Crippen LogP contribution is 2.22. The summed E-state index contributed by atoms with van der Waals surface area (Å²) >= 11 is 0. The van der Waals surface area contributed by atoms with Crippen molar-refractivity contribution in [2.75, 3.05) is 19.7 Å².